The molecule has 0 bridgehead atoms. The predicted octanol–water partition coefficient (Wildman–Crippen LogP) is 4.32. The van der Waals surface area contributed by atoms with Gasteiger partial charge in [0.05, 0.1) is 18.6 Å². The normalized spacial score (nSPS) is 22.8. The van der Waals surface area contributed by atoms with Gasteiger partial charge in [-0.2, -0.15) is 0 Å². The number of nitrogens with one attached hydrogen (secondary N) is 1. The molecule has 4 rings (SSSR count). The summed E-state index contributed by atoms with van der Waals surface area (Å²) < 4.78 is 5.47. The standard InChI is InChI=1S/C25H34N3O2P/c1-5-18-14-19(7-8-22(18)30-4)23-15-24(29)28-16-21(13-17(3)25(28)31-23)27-11-9-20(10-12-27)26-6-2/h7-8,13-16,20,25-26,31H,5-6,9-12H2,1-4H3. The number of ether oxygens (including phenoxy) is 1. The minimum absolute atomic E-state index is 0.0834. The number of fused-ring (bicyclic) bond motifs is 1. The number of carbonyl (C=O) groups is 1. The van der Waals surface area contributed by atoms with E-state index in [1.54, 1.807) is 7.11 Å². The molecule has 31 heavy (non-hydrogen) atoms. The van der Waals surface area contributed by atoms with E-state index in [-0.39, 0.29) is 11.7 Å². The summed E-state index contributed by atoms with van der Waals surface area (Å²) in [7, 11) is 2.25. The van der Waals surface area contributed by atoms with E-state index < -0.39 is 0 Å². The van der Waals surface area contributed by atoms with E-state index in [2.05, 4.69) is 55.4 Å². The average Bonchev–Trinajstić information content (AvgIpc) is 2.79. The minimum Gasteiger partial charge on any atom is -0.496 e. The highest BCUT2D eigenvalue weighted by Crippen LogP contribution is 2.47. The van der Waals surface area contributed by atoms with E-state index in [1.807, 2.05) is 17.0 Å². The van der Waals surface area contributed by atoms with E-state index in [1.165, 1.54) is 16.8 Å². The number of methoxy groups -OCH3 is 1. The predicted molar refractivity (Wildman–Crippen MR) is 129 cm³/mol. The summed E-state index contributed by atoms with van der Waals surface area (Å²) in [5.74, 6) is 1.13. The number of likely N-dealkylation sites (tertiary alicyclic amines) is 1. The number of nitrogens with zero attached hydrogens (tertiary/aromatic N) is 2. The number of hydrogen-bond donors (Lipinski definition) is 1. The van der Waals surface area contributed by atoms with Crippen LogP contribution in [0.4, 0.5) is 0 Å². The Balaban J connectivity index is 1.54. The maximum Gasteiger partial charge on any atom is 0.252 e. The lowest BCUT2D eigenvalue weighted by Crippen LogP contribution is -2.44. The van der Waals surface area contributed by atoms with Gasteiger partial charge in [0, 0.05) is 31.4 Å². The third kappa shape index (κ3) is 4.58. The maximum absolute atomic E-state index is 13.1. The zero-order chi connectivity index (χ0) is 22.0. The third-order valence-corrected chi connectivity index (χ3v) is 8.25. The molecule has 166 valence electrons. The minimum atomic E-state index is 0.0834. The van der Waals surface area contributed by atoms with Crippen LogP contribution in [0.25, 0.3) is 5.31 Å². The molecule has 3 aliphatic heterocycles. The molecule has 1 saturated heterocycles. The number of amides is 1. The number of benzene rings is 1. The second kappa shape index (κ2) is 9.58. The van der Waals surface area contributed by atoms with E-state index in [0.717, 1.165) is 55.5 Å². The van der Waals surface area contributed by atoms with Crippen molar-refractivity contribution >= 4 is 19.8 Å². The Morgan fingerprint density at radius 2 is 1.97 bits per heavy atom. The van der Waals surface area contributed by atoms with Gasteiger partial charge >= 0.3 is 0 Å². The molecular formula is C25H34N3O2P. The molecule has 3 aliphatic rings. The Bertz CT molecular complexity index is 929. The Labute approximate surface area is 188 Å². The van der Waals surface area contributed by atoms with Crippen LogP contribution in [0.3, 0.4) is 0 Å². The molecule has 2 atom stereocenters. The topological polar surface area (TPSA) is 44.8 Å². The van der Waals surface area contributed by atoms with Crippen LogP contribution in [0.15, 0.2) is 47.8 Å². The molecule has 3 heterocycles. The first-order chi connectivity index (χ1) is 15.0. The van der Waals surface area contributed by atoms with E-state index in [0.29, 0.717) is 14.6 Å². The Kier molecular flexibility index (Phi) is 6.83. The molecule has 1 amide bonds. The molecule has 0 aromatic heterocycles. The van der Waals surface area contributed by atoms with Gasteiger partial charge in [-0.05, 0) is 73.0 Å². The van der Waals surface area contributed by atoms with Gasteiger partial charge in [0.1, 0.15) is 5.75 Å². The number of carbonyl (C=O) groups excluding carboxylic acids is 1. The van der Waals surface area contributed by atoms with Crippen LogP contribution in [0, 0.1) is 0 Å². The lowest BCUT2D eigenvalue weighted by atomic mass is 10.0. The Hall–Kier alpha value is -2.10. The van der Waals surface area contributed by atoms with E-state index in [9.17, 15) is 4.79 Å². The number of allylic oxidation sites excluding steroid dienone is 1. The third-order valence-electron chi connectivity index (χ3n) is 6.50. The fourth-order valence-corrected chi connectivity index (χ4v) is 6.22. The van der Waals surface area contributed by atoms with Gasteiger partial charge in [-0.25, -0.2) is 0 Å². The largest absolute Gasteiger partial charge is 0.496 e. The summed E-state index contributed by atoms with van der Waals surface area (Å²) in [6, 6.07) is 6.90. The lowest BCUT2D eigenvalue weighted by molar-refractivity contribution is -0.124. The maximum atomic E-state index is 13.1. The monoisotopic (exact) mass is 439 g/mol. The zero-order valence-corrected chi connectivity index (χ0v) is 20.1. The molecule has 0 saturated carbocycles. The second-order valence-electron chi connectivity index (χ2n) is 8.49. The van der Waals surface area contributed by atoms with Crippen molar-refractivity contribution in [1.82, 2.24) is 15.1 Å². The highest BCUT2D eigenvalue weighted by atomic mass is 31.1. The second-order valence-corrected chi connectivity index (χ2v) is 9.87. The first kappa shape index (κ1) is 22.1. The summed E-state index contributed by atoms with van der Waals surface area (Å²) in [4.78, 5) is 17.5. The smallest absolute Gasteiger partial charge is 0.252 e. The van der Waals surface area contributed by atoms with Gasteiger partial charge in [0.2, 0.25) is 0 Å². The van der Waals surface area contributed by atoms with Crippen LogP contribution < -0.4 is 10.1 Å². The first-order valence-electron chi connectivity index (χ1n) is 11.4. The van der Waals surface area contributed by atoms with Gasteiger partial charge in [-0.15, -0.1) is 0 Å². The van der Waals surface area contributed by atoms with E-state index in [4.69, 9.17) is 4.74 Å². The molecular weight excluding hydrogens is 405 g/mol. The summed E-state index contributed by atoms with van der Waals surface area (Å²) >= 11 is 0. The van der Waals surface area contributed by atoms with Gasteiger partial charge in [-0.3, -0.25) is 4.79 Å². The molecule has 1 fully saturated rings. The molecule has 1 N–H and O–H groups in total. The van der Waals surface area contributed by atoms with E-state index >= 15 is 0 Å². The van der Waals surface area contributed by atoms with Crippen LogP contribution in [0.5, 0.6) is 5.75 Å². The van der Waals surface area contributed by atoms with Crippen LogP contribution in [0.2, 0.25) is 0 Å². The van der Waals surface area contributed by atoms with Crippen molar-refractivity contribution < 1.29 is 9.53 Å². The van der Waals surface area contributed by atoms with Crippen molar-refractivity contribution in [1.29, 1.82) is 0 Å². The van der Waals surface area contributed by atoms with Crippen LogP contribution >= 0.6 is 8.58 Å². The average molecular weight is 440 g/mol. The summed E-state index contributed by atoms with van der Waals surface area (Å²) in [6.45, 7) is 9.57. The van der Waals surface area contributed by atoms with Crippen molar-refractivity contribution in [2.24, 2.45) is 0 Å². The fraction of sp³-hybridized carbons (Fsp3) is 0.480. The van der Waals surface area contributed by atoms with Crippen molar-refractivity contribution in [3.05, 3.63) is 58.9 Å². The molecule has 5 nitrogen and oxygen atoms in total. The molecule has 0 aliphatic carbocycles. The fourth-order valence-electron chi connectivity index (χ4n) is 4.74. The molecule has 1 aromatic rings. The number of hydrogen-bond acceptors (Lipinski definition) is 4. The lowest BCUT2D eigenvalue weighted by Gasteiger charge is -2.41. The van der Waals surface area contributed by atoms with Crippen molar-refractivity contribution in [3.63, 3.8) is 0 Å². The van der Waals surface area contributed by atoms with Crippen LogP contribution in [0.1, 0.15) is 44.7 Å². The molecule has 2 unspecified atom stereocenters. The number of aryl methyl sites for hydroxylation is 1. The van der Waals surface area contributed by atoms with Gasteiger partial charge in [0.15, 0.2) is 0 Å². The number of piperidine rings is 1. The summed E-state index contributed by atoms with van der Waals surface area (Å²) in [5, 5.41) is 4.70. The zero-order valence-electron chi connectivity index (χ0n) is 19.1. The quantitative estimate of drug-likeness (QED) is 0.671. The summed E-state index contributed by atoms with van der Waals surface area (Å²) in [5.41, 5.74) is 4.76. The highest BCUT2D eigenvalue weighted by Gasteiger charge is 2.33. The SMILES string of the molecule is CCNC1CCN(C2=CN3C(=O)C=C(c4ccc(OC)c(CC)c4)PC3C(C)=C2)CC1. The Morgan fingerprint density at radius 1 is 1.19 bits per heavy atom. The van der Waals surface area contributed by atoms with Crippen molar-refractivity contribution in [2.45, 2.75) is 51.9 Å². The Morgan fingerprint density at radius 3 is 2.65 bits per heavy atom. The highest BCUT2D eigenvalue weighted by molar-refractivity contribution is 7.51. The molecule has 0 spiro atoms. The molecule has 6 heteroatoms. The van der Waals surface area contributed by atoms with Crippen LogP contribution in [-0.4, -0.2) is 54.3 Å². The van der Waals surface area contributed by atoms with Gasteiger partial charge in [-0.1, -0.05) is 28.5 Å². The van der Waals surface area contributed by atoms with Crippen molar-refractivity contribution in [3.8, 4) is 5.75 Å². The summed E-state index contributed by atoms with van der Waals surface area (Å²) in [6.07, 6.45) is 9.42. The first-order valence-corrected chi connectivity index (χ1v) is 12.5. The number of rotatable bonds is 6. The molecule has 0 radical (unpaired) electrons. The van der Waals surface area contributed by atoms with Crippen LogP contribution in [-0.2, 0) is 11.2 Å². The van der Waals surface area contributed by atoms with Crippen molar-refractivity contribution in [2.75, 3.05) is 26.7 Å². The molecule has 1 aromatic carbocycles. The van der Waals surface area contributed by atoms with Gasteiger partial charge in [0.25, 0.3) is 5.91 Å². The van der Waals surface area contributed by atoms with Gasteiger partial charge < -0.3 is 19.9 Å².